The summed E-state index contributed by atoms with van der Waals surface area (Å²) < 4.78 is 5.26. The molecule has 1 saturated carbocycles. The minimum Gasteiger partial charge on any atom is -0.455 e. The van der Waals surface area contributed by atoms with E-state index in [1.165, 1.54) is 6.20 Å². The van der Waals surface area contributed by atoms with E-state index >= 15 is 0 Å². The number of ether oxygens (including phenoxy) is 1. The SMILES string of the molecule is O=C(COC(=O)C1(c2ccc(Cl)cc2)CCC1)Nc1cccnc1Cl. The van der Waals surface area contributed by atoms with Crippen LogP contribution in [0, 0.1) is 0 Å². The predicted octanol–water partition coefficient (Wildman–Crippen LogP) is 3.99. The lowest BCUT2D eigenvalue weighted by atomic mass is 9.64. The van der Waals surface area contributed by atoms with E-state index in [0.717, 1.165) is 12.0 Å². The topological polar surface area (TPSA) is 68.3 Å². The van der Waals surface area contributed by atoms with Gasteiger partial charge in [0, 0.05) is 11.2 Å². The number of nitrogens with one attached hydrogen (secondary N) is 1. The number of aromatic nitrogens is 1. The van der Waals surface area contributed by atoms with Crippen LogP contribution < -0.4 is 5.32 Å². The van der Waals surface area contributed by atoms with Gasteiger partial charge in [-0.15, -0.1) is 0 Å². The van der Waals surface area contributed by atoms with Gasteiger partial charge in [-0.25, -0.2) is 4.98 Å². The molecule has 1 aliphatic rings. The van der Waals surface area contributed by atoms with Crippen LogP contribution in [0.4, 0.5) is 5.69 Å². The largest absolute Gasteiger partial charge is 0.455 e. The fourth-order valence-electron chi connectivity index (χ4n) is 2.84. The average molecular weight is 379 g/mol. The number of carbonyl (C=O) groups excluding carboxylic acids is 2. The molecule has 0 aliphatic heterocycles. The Morgan fingerprint density at radius 1 is 1.16 bits per heavy atom. The molecule has 0 saturated heterocycles. The lowest BCUT2D eigenvalue weighted by molar-refractivity contribution is -0.156. The molecule has 1 amide bonds. The standard InChI is InChI=1S/C18H16Cl2N2O3/c19-13-6-4-12(5-7-13)18(8-2-9-18)17(24)25-11-15(23)22-14-3-1-10-21-16(14)20/h1,3-7,10H,2,8-9,11H2,(H,22,23). The lowest BCUT2D eigenvalue weighted by Gasteiger charge is -2.39. The maximum absolute atomic E-state index is 12.6. The van der Waals surface area contributed by atoms with Gasteiger partial charge in [-0.2, -0.15) is 0 Å². The molecule has 7 heteroatoms. The molecule has 5 nitrogen and oxygen atoms in total. The highest BCUT2D eigenvalue weighted by molar-refractivity contribution is 6.32. The van der Waals surface area contributed by atoms with Crippen molar-refractivity contribution in [3.63, 3.8) is 0 Å². The van der Waals surface area contributed by atoms with Gasteiger partial charge >= 0.3 is 5.97 Å². The van der Waals surface area contributed by atoms with Crippen molar-refractivity contribution >= 4 is 40.8 Å². The molecule has 0 spiro atoms. The van der Waals surface area contributed by atoms with Crippen LogP contribution in [0.5, 0.6) is 0 Å². The number of carbonyl (C=O) groups is 2. The lowest BCUT2D eigenvalue weighted by Crippen LogP contribution is -2.44. The Labute approximate surface area is 155 Å². The van der Waals surface area contributed by atoms with Gasteiger partial charge in [0.1, 0.15) is 0 Å². The third-order valence-corrected chi connectivity index (χ3v) is 4.92. The second-order valence-electron chi connectivity index (χ2n) is 5.91. The molecule has 1 aromatic heterocycles. The Balaban J connectivity index is 1.62. The van der Waals surface area contributed by atoms with E-state index in [1.807, 2.05) is 12.1 Å². The zero-order chi connectivity index (χ0) is 17.9. The van der Waals surface area contributed by atoms with E-state index in [4.69, 9.17) is 27.9 Å². The number of halogens is 2. The maximum Gasteiger partial charge on any atom is 0.317 e. The molecule has 0 bridgehead atoms. The van der Waals surface area contributed by atoms with Gasteiger partial charge in [0.15, 0.2) is 11.8 Å². The summed E-state index contributed by atoms with van der Waals surface area (Å²) in [5, 5.41) is 3.36. The fourth-order valence-corrected chi connectivity index (χ4v) is 3.14. The van der Waals surface area contributed by atoms with Crippen LogP contribution in [0.2, 0.25) is 10.2 Å². The minimum absolute atomic E-state index is 0.179. The van der Waals surface area contributed by atoms with Crippen molar-refractivity contribution in [1.29, 1.82) is 0 Å². The van der Waals surface area contributed by atoms with Gasteiger partial charge < -0.3 is 10.1 Å². The Bertz CT molecular complexity index is 789. The van der Waals surface area contributed by atoms with Gasteiger partial charge in [0.05, 0.1) is 11.1 Å². The van der Waals surface area contributed by atoms with E-state index in [0.29, 0.717) is 23.6 Å². The van der Waals surface area contributed by atoms with Gasteiger partial charge in [0.2, 0.25) is 0 Å². The molecular weight excluding hydrogens is 363 g/mol. The quantitative estimate of drug-likeness (QED) is 0.630. The smallest absolute Gasteiger partial charge is 0.317 e. The number of anilines is 1. The van der Waals surface area contributed by atoms with E-state index in [2.05, 4.69) is 10.3 Å². The number of esters is 1. The molecule has 1 N–H and O–H groups in total. The summed E-state index contributed by atoms with van der Waals surface area (Å²) in [4.78, 5) is 28.4. The summed E-state index contributed by atoms with van der Waals surface area (Å²) in [7, 11) is 0. The molecule has 2 aromatic rings. The van der Waals surface area contributed by atoms with Crippen LogP contribution in [0.1, 0.15) is 24.8 Å². The highest BCUT2D eigenvalue weighted by Gasteiger charge is 2.47. The minimum atomic E-state index is -0.684. The van der Waals surface area contributed by atoms with Crippen LogP contribution >= 0.6 is 23.2 Å². The molecule has 1 heterocycles. The van der Waals surface area contributed by atoms with Crippen molar-refractivity contribution < 1.29 is 14.3 Å². The van der Waals surface area contributed by atoms with Gasteiger partial charge in [0.25, 0.3) is 5.91 Å². The van der Waals surface area contributed by atoms with Crippen molar-refractivity contribution in [2.24, 2.45) is 0 Å². The van der Waals surface area contributed by atoms with E-state index in [1.54, 1.807) is 24.3 Å². The summed E-state index contributed by atoms with van der Waals surface area (Å²) >= 11 is 11.8. The molecule has 25 heavy (non-hydrogen) atoms. The molecular formula is C18H16Cl2N2O3. The number of hydrogen-bond donors (Lipinski definition) is 1. The molecule has 0 unspecified atom stereocenters. The molecule has 1 aliphatic carbocycles. The number of rotatable bonds is 5. The van der Waals surface area contributed by atoms with Crippen LogP contribution in [0.25, 0.3) is 0 Å². The number of pyridine rings is 1. The zero-order valence-electron chi connectivity index (χ0n) is 13.3. The Hall–Kier alpha value is -2.11. The van der Waals surface area contributed by atoms with E-state index in [9.17, 15) is 9.59 Å². The van der Waals surface area contributed by atoms with Crippen molar-refractivity contribution in [3.8, 4) is 0 Å². The maximum atomic E-state index is 12.6. The first kappa shape index (κ1) is 17.7. The first-order valence-electron chi connectivity index (χ1n) is 7.85. The van der Waals surface area contributed by atoms with Crippen molar-refractivity contribution in [2.75, 3.05) is 11.9 Å². The fraction of sp³-hybridized carbons (Fsp3) is 0.278. The Morgan fingerprint density at radius 2 is 1.88 bits per heavy atom. The average Bonchev–Trinajstić information content (AvgIpc) is 2.56. The van der Waals surface area contributed by atoms with Crippen LogP contribution in [-0.4, -0.2) is 23.5 Å². The van der Waals surface area contributed by atoms with E-state index < -0.39 is 17.3 Å². The molecule has 3 rings (SSSR count). The highest BCUT2D eigenvalue weighted by Crippen LogP contribution is 2.45. The van der Waals surface area contributed by atoms with E-state index in [-0.39, 0.29) is 11.8 Å². The van der Waals surface area contributed by atoms with Crippen molar-refractivity contribution in [3.05, 3.63) is 58.3 Å². The monoisotopic (exact) mass is 378 g/mol. The third-order valence-electron chi connectivity index (χ3n) is 4.36. The molecule has 0 radical (unpaired) electrons. The molecule has 1 fully saturated rings. The highest BCUT2D eigenvalue weighted by atomic mass is 35.5. The second kappa shape index (κ2) is 7.42. The number of benzene rings is 1. The molecule has 130 valence electrons. The van der Waals surface area contributed by atoms with Gasteiger partial charge in [-0.3, -0.25) is 9.59 Å². The van der Waals surface area contributed by atoms with Crippen molar-refractivity contribution in [1.82, 2.24) is 4.98 Å². The molecule has 1 aromatic carbocycles. The summed E-state index contributed by atoms with van der Waals surface area (Å²) in [6.45, 7) is -0.376. The third kappa shape index (κ3) is 3.78. The number of amides is 1. The molecule has 0 atom stereocenters. The van der Waals surface area contributed by atoms with Crippen molar-refractivity contribution in [2.45, 2.75) is 24.7 Å². The second-order valence-corrected chi connectivity index (χ2v) is 6.70. The summed E-state index contributed by atoms with van der Waals surface area (Å²) in [6, 6.07) is 10.4. The Kier molecular flexibility index (Phi) is 5.25. The number of hydrogen-bond acceptors (Lipinski definition) is 4. The number of nitrogens with zero attached hydrogens (tertiary/aromatic N) is 1. The zero-order valence-corrected chi connectivity index (χ0v) is 14.8. The predicted molar refractivity (Wildman–Crippen MR) is 95.8 cm³/mol. The summed E-state index contributed by atoms with van der Waals surface area (Å²) in [6.07, 6.45) is 3.85. The normalized spacial score (nSPS) is 15.1. The first-order chi connectivity index (χ1) is 12.0. The van der Waals surface area contributed by atoms with Crippen LogP contribution in [0.15, 0.2) is 42.6 Å². The Morgan fingerprint density at radius 3 is 2.48 bits per heavy atom. The van der Waals surface area contributed by atoms with Crippen LogP contribution in [0.3, 0.4) is 0 Å². The summed E-state index contributed by atoms with van der Waals surface area (Å²) in [5.74, 6) is -0.859. The van der Waals surface area contributed by atoms with Gasteiger partial charge in [-0.05, 0) is 42.7 Å². The first-order valence-corrected chi connectivity index (χ1v) is 8.60. The van der Waals surface area contributed by atoms with Crippen LogP contribution in [-0.2, 0) is 19.7 Å². The van der Waals surface area contributed by atoms with Gasteiger partial charge in [-0.1, -0.05) is 41.8 Å². The summed E-state index contributed by atoms with van der Waals surface area (Å²) in [5.41, 5.74) is 0.557.